The van der Waals surface area contributed by atoms with Gasteiger partial charge < -0.3 is 20.1 Å². The Labute approximate surface area is 210 Å². The molecule has 3 unspecified atom stereocenters. The number of fused-ring (bicyclic) bond motifs is 2. The second-order valence-corrected chi connectivity index (χ2v) is 9.93. The standard InChI is InChI=1S/C28H32F2N4O2/c1-36-26-7-6-24-27(33-26)25(9-13-32-24)34-14-10-20-16-22(8-11-28(20,17-34)18-35)31-12-2-3-19-15-21(29)4-5-23(19)30/h2-7,9,13,15,20,22,31,35H,8,10-12,14,16-18H2,1H3/b3-2+. The first-order valence-electron chi connectivity index (χ1n) is 12.5. The third kappa shape index (κ3) is 4.92. The molecule has 6 nitrogen and oxygen atoms in total. The molecule has 1 aromatic carbocycles. The van der Waals surface area contributed by atoms with Crippen LogP contribution in [-0.4, -0.2) is 54.5 Å². The predicted molar refractivity (Wildman–Crippen MR) is 137 cm³/mol. The summed E-state index contributed by atoms with van der Waals surface area (Å²) in [7, 11) is 1.61. The summed E-state index contributed by atoms with van der Waals surface area (Å²) in [6.07, 6.45) is 9.11. The number of methoxy groups -OCH3 is 1. The highest BCUT2D eigenvalue weighted by atomic mass is 19.1. The molecule has 2 aromatic heterocycles. The lowest BCUT2D eigenvalue weighted by Crippen LogP contribution is -2.55. The van der Waals surface area contributed by atoms with E-state index in [1.807, 2.05) is 30.5 Å². The number of piperidine rings is 1. The SMILES string of the molecule is COc1ccc2nccc(N3CCC4CC(NC/C=C/c5cc(F)ccc5F)CCC4(CO)C3)c2n1. The molecule has 36 heavy (non-hydrogen) atoms. The Morgan fingerprint density at radius 3 is 2.94 bits per heavy atom. The highest BCUT2D eigenvalue weighted by Crippen LogP contribution is 2.47. The van der Waals surface area contributed by atoms with Crippen molar-refractivity contribution in [2.45, 2.75) is 31.7 Å². The molecule has 1 saturated heterocycles. The number of aromatic nitrogens is 2. The Balaban J connectivity index is 1.24. The van der Waals surface area contributed by atoms with Gasteiger partial charge in [0.05, 0.1) is 24.9 Å². The summed E-state index contributed by atoms with van der Waals surface area (Å²) in [5.41, 5.74) is 2.77. The normalized spacial score (nSPS) is 24.3. The Bertz CT molecular complexity index is 1250. The minimum absolute atomic E-state index is 0.152. The number of anilines is 1. The Kier molecular flexibility index (Phi) is 7.16. The van der Waals surface area contributed by atoms with Crippen LogP contribution in [0.1, 0.15) is 31.2 Å². The first kappa shape index (κ1) is 24.6. The van der Waals surface area contributed by atoms with E-state index >= 15 is 0 Å². The van der Waals surface area contributed by atoms with Gasteiger partial charge in [-0.25, -0.2) is 13.8 Å². The van der Waals surface area contributed by atoms with Crippen molar-refractivity contribution in [2.24, 2.45) is 11.3 Å². The molecule has 0 amide bonds. The third-order valence-electron chi connectivity index (χ3n) is 7.86. The quantitative estimate of drug-likeness (QED) is 0.501. The average molecular weight is 495 g/mol. The Hall–Kier alpha value is -3.10. The molecular formula is C28H32F2N4O2. The van der Waals surface area contributed by atoms with Crippen LogP contribution in [0.3, 0.4) is 0 Å². The molecule has 1 aliphatic carbocycles. The molecule has 8 heteroatoms. The minimum atomic E-state index is -0.447. The summed E-state index contributed by atoms with van der Waals surface area (Å²) >= 11 is 0. The molecule has 2 N–H and O–H groups in total. The number of aliphatic hydroxyl groups excluding tert-OH is 1. The van der Waals surface area contributed by atoms with Gasteiger partial charge in [0.25, 0.3) is 0 Å². The summed E-state index contributed by atoms with van der Waals surface area (Å²) in [5, 5.41) is 14.1. The van der Waals surface area contributed by atoms with E-state index in [0.717, 1.165) is 67.6 Å². The zero-order chi connectivity index (χ0) is 25.1. The van der Waals surface area contributed by atoms with Crippen molar-refractivity contribution in [3.05, 3.63) is 65.9 Å². The lowest BCUT2D eigenvalue weighted by Gasteiger charge is -2.52. The maximum atomic E-state index is 13.8. The predicted octanol–water partition coefficient (Wildman–Crippen LogP) is 4.58. The smallest absolute Gasteiger partial charge is 0.213 e. The molecule has 2 fully saturated rings. The zero-order valence-corrected chi connectivity index (χ0v) is 20.5. The fourth-order valence-corrected chi connectivity index (χ4v) is 5.85. The fourth-order valence-electron chi connectivity index (χ4n) is 5.85. The van der Waals surface area contributed by atoms with Gasteiger partial charge in [-0.05, 0) is 61.9 Å². The van der Waals surface area contributed by atoms with Gasteiger partial charge in [-0.1, -0.05) is 12.2 Å². The summed E-state index contributed by atoms with van der Waals surface area (Å²) < 4.78 is 32.5. The number of halogens is 2. The monoisotopic (exact) mass is 494 g/mol. The van der Waals surface area contributed by atoms with Crippen molar-refractivity contribution >= 4 is 22.8 Å². The van der Waals surface area contributed by atoms with Crippen LogP contribution < -0.4 is 15.0 Å². The molecular weight excluding hydrogens is 462 g/mol. The van der Waals surface area contributed by atoms with Gasteiger partial charge in [0.15, 0.2) is 0 Å². The number of nitrogens with one attached hydrogen (secondary N) is 1. The van der Waals surface area contributed by atoms with E-state index < -0.39 is 11.6 Å². The van der Waals surface area contributed by atoms with Crippen LogP contribution in [0.15, 0.2) is 48.7 Å². The van der Waals surface area contributed by atoms with Crippen molar-refractivity contribution < 1.29 is 18.6 Å². The summed E-state index contributed by atoms with van der Waals surface area (Å²) in [6, 6.07) is 9.54. The zero-order valence-electron chi connectivity index (χ0n) is 20.5. The molecule has 190 valence electrons. The highest BCUT2D eigenvalue weighted by Gasteiger charge is 2.46. The van der Waals surface area contributed by atoms with E-state index in [9.17, 15) is 13.9 Å². The molecule has 5 rings (SSSR count). The van der Waals surface area contributed by atoms with Crippen molar-refractivity contribution in [1.29, 1.82) is 0 Å². The van der Waals surface area contributed by atoms with Gasteiger partial charge in [-0.2, -0.15) is 0 Å². The maximum absolute atomic E-state index is 13.8. The van der Waals surface area contributed by atoms with Gasteiger partial charge in [-0.3, -0.25) is 4.98 Å². The van der Waals surface area contributed by atoms with Crippen LogP contribution in [0.2, 0.25) is 0 Å². The van der Waals surface area contributed by atoms with Gasteiger partial charge >= 0.3 is 0 Å². The van der Waals surface area contributed by atoms with Crippen LogP contribution in [0.4, 0.5) is 14.5 Å². The topological polar surface area (TPSA) is 70.5 Å². The average Bonchev–Trinajstić information content (AvgIpc) is 2.91. The second kappa shape index (κ2) is 10.5. The number of benzene rings is 1. The van der Waals surface area contributed by atoms with E-state index in [2.05, 4.69) is 20.2 Å². The minimum Gasteiger partial charge on any atom is -0.481 e. The Morgan fingerprint density at radius 2 is 2.11 bits per heavy atom. The van der Waals surface area contributed by atoms with Crippen LogP contribution in [-0.2, 0) is 0 Å². The fraction of sp³-hybridized carbons (Fsp3) is 0.429. The number of nitrogens with zero attached hydrogens (tertiary/aromatic N) is 3. The van der Waals surface area contributed by atoms with E-state index in [-0.39, 0.29) is 17.6 Å². The molecule has 1 saturated carbocycles. The van der Waals surface area contributed by atoms with Crippen molar-refractivity contribution in [2.75, 3.05) is 38.3 Å². The van der Waals surface area contributed by atoms with E-state index in [1.165, 1.54) is 6.07 Å². The highest BCUT2D eigenvalue weighted by molar-refractivity contribution is 5.88. The number of hydrogen-bond acceptors (Lipinski definition) is 6. The summed E-state index contributed by atoms with van der Waals surface area (Å²) in [5.74, 6) is 0.0904. The molecule has 3 heterocycles. The third-order valence-corrected chi connectivity index (χ3v) is 7.86. The molecule has 0 radical (unpaired) electrons. The largest absolute Gasteiger partial charge is 0.481 e. The second-order valence-electron chi connectivity index (χ2n) is 9.93. The van der Waals surface area contributed by atoms with Gasteiger partial charge in [0, 0.05) is 48.9 Å². The van der Waals surface area contributed by atoms with Crippen LogP contribution in [0.5, 0.6) is 5.88 Å². The van der Waals surface area contributed by atoms with Crippen LogP contribution >= 0.6 is 0 Å². The molecule has 3 aromatic rings. The van der Waals surface area contributed by atoms with E-state index in [1.54, 1.807) is 13.2 Å². The number of rotatable bonds is 7. The van der Waals surface area contributed by atoms with Gasteiger partial charge in [0.1, 0.15) is 17.2 Å². The van der Waals surface area contributed by atoms with Gasteiger partial charge in [0.2, 0.25) is 5.88 Å². The van der Waals surface area contributed by atoms with Crippen molar-refractivity contribution in [1.82, 2.24) is 15.3 Å². The van der Waals surface area contributed by atoms with Crippen LogP contribution in [0, 0.1) is 23.0 Å². The molecule has 0 bridgehead atoms. The number of aliphatic hydroxyl groups is 1. The lowest BCUT2D eigenvalue weighted by molar-refractivity contribution is 0.00193. The van der Waals surface area contributed by atoms with E-state index in [0.29, 0.717) is 24.4 Å². The summed E-state index contributed by atoms with van der Waals surface area (Å²) in [6.45, 7) is 2.40. The lowest BCUT2D eigenvalue weighted by atomic mass is 9.62. The number of pyridine rings is 2. The van der Waals surface area contributed by atoms with Crippen molar-refractivity contribution in [3.63, 3.8) is 0 Å². The molecule has 0 spiro atoms. The van der Waals surface area contributed by atoms with Crippen LogP contribution in [0.25, 0.3) is 17.1 Å². The summed E-state index contributed by atoms with van der Waals surface area (Å²) in [4.78, 5) is 11.5. The maximum Gasteiger partial charge on any atom is 0.213 e. The van der Waals surface area contributed by atoms with E-state index in [4.69, 9.17) is 4.74 Å². The number of hydrogen-bond donors (Lipinski definition) is 2. The first-order chi connectivity index (χ1) is 17.5. The molecule has 1 aliphatic heterocycles. The Morgan fingerprint density at radius 1 is 1.22 bits per heavy atom. The molecule has 3 atom stereocenters. The number of ether oxygens (including phenoxy) is 1. The van der Waals surface area contributed by atoms with Gasteiger partial charge in [-0.15, -0.1) is 0 Å². The molecule has 2 aliphatic rings. The first-order valence-corrected chi connectivity index (χ1v) is 12.5. The van der Waals surface area contributed by atoms with Crippen molar-refractivity contribution in [3.8, 4) is 5.88 Å².